The topological polar surface area (TPSA) is 103 Å². The fraction of sp³-hybridized carbons (Fsp3) is 0.0476. The van der Waals surface area contributed by atoms with Gasteiger partial charge in [-0.3, -0.25) is 9.59 Å². The van der Waals surface area contributed by atoms with Crippen molar-refractivity contribution in [2.45, 2.75) is 6.18 Å². The Morgan fingerprint density at radius 1 is 1.06 bits per heavy atom. The first-order valence-corrected chi connectivity index (χ1v) is 9.43. The van der Waals surface area contributed by atoms with Crippen molar-refractivity contribution in [3.63, 3.8) is 0 Å². The predicted octanol–water partition coefficient (Wildman–Crippen LogP) is 4.29. The van der Waals surface area contributed by atoms with Gasteiger partial charge in [-0.05, 0) is 42.5 Å². The van der Waals surface area contributed by atoms with Gasteiger partial charge >= 0.3 is 6.18 Å². The van der Waals surface area contributed by atoms with Crippen LogP contribution in [0.5, 0.6) is 0 Å². The van der Waals surface area contributed by atoms with Crippen LogP contribution < -0.4 is 16.5 Å². The molecule has 2 aromatic heterocycles. The van der Waals surface area contributed by atoms with E-state index in [1.54, 1.807) is 28.8 Å². The van der Waals surface area contributed by atoms with Crippen molar-refractivity contribution in [1.29, 1.82) is 0 Å². The fourth-order valence-electron chi connectivity index (χ4n) is 3.11. The summed E-state index contributed by atoms with van der Waals surface area (Å²) in [4.78, 5) is 32.5. The normalized spacial score (nSPS) is 11.5. The highest BCUT2D eigenvalue weighted by molar-refractivity contribution is 6.31. The number of rotatable bonds is 3. The molecule has 0 atom stereocenters. The fourth-order valence-corrected chi connectivity index (χ4v) is 3.33. The molecule has 32 heavy (non-hydrogen) atoms. The number of carbonyl (C=O) groups excluding carboxylic acids is 1. The molecule has 7 nitrogen and oxygen atoms in total. The van der Waals surface area contributed by atoms with Crippen LogP contribution in [0.15, 0.2) is 65.8 Å². The van der Waals surface area contributed by atoms with Crippen LogP contribution >= 0.6 is 11.6 Å². The van der Waals surface area contributed by atoms with Crippen molar-refractivity contribution < 1.29 is 18.0 Å². The van der Waals surface area contributed by atoms with Crippen molar-refractivity contribution in [3.8, 4) is 5.69 Å². The maximum absolute atomic E-state index is 13.0. The third-order valence-corrected chi connectivity index (χ3v) is 4.97. The largest absolute Gasteiger partial charge is 0.417 e. The third kappa shape index (κ3) is 4.00. The number of pyridine rings is 1. The van der Waals surface area contributed by atoms with E-state index in [0.29, 0.717) is 23.1 Å². The van der Waals surface area contributed by atoms with E-state index in [4.69, 9.17) is 17.3 Å². The second-order valence-electron chi connectivity index (χ2n) is 6.70. The van der Waals surface area contributed by atoms with Gasteiger partial charge in [0.2, 0.25) is 0 Å². The Morgan fingerprint density at radius 2 is 1.78 bits per heavy atom. The highest BCUT2D eigenvalue weighted by Gasteiger charge is 2.33. The minimum atomic E-state index is -4.68. The minimum Gasteiger partial charge on any atom is -0.383 e. The summed E-state index contributed by atoms with van der Waals surface area (Å²) in [5, 5.41) is 2.22. The number of hydrogen-bond donors (Lipinski definition) is 2. The zero-order chi connectivity index (χ0) is 23.0. The Hall–Kier alpha value is -3.92. The van der Waals surface area contributed by atoms with Gasteiger partial charge in [-0.1, -0.05) is 11.6 Å². The number of alkyl halides is 3. The Labute approximate surface area is 183 Å². The van der Waals surface area contributed by atoms with Gasteiger partial charge in [0.25, 0.3) is 5.91 Å². The number of aromatic nitrogens is 3. The number of nitrogens with two attached hydrogens (primary N) is 1. The van der Waals surface area contributed by atoms with E-state index in [2.05, 4.69) is 15.3 Å². The molecular weight excluding hydrogens is 447 g/mol. The Morgan fingerprint density at radius 3 is 2.47 bits per heavy atom. The molecule has 0 fully saturated rings. The summed E-state index contributed by atoms with van der Waals surface area (Å²) in [6.45, 7) is 0. The maximum atomic E-state index is 13.0. The van der Waals surface area contributed by atoms with Gasteiger partial charge in [-0.25, -0.2) is 9.97 Å². The summed E-state index contributed by atoms with van der Waals surface area (Å²) in [7, 11) is 0. The van der Waals surface area contributed by atoms with E-state index in [1.807, 2.05) is 0 Å². The summed E-state index contributed by atoms with van der Waals surface area (Å²) in [6.07, 6.45) is -1.91. The molecule has 4 rings (SSSR count). The molecular formula is C21H13ClF3N5O2. The summed E-state index contributed by atoms with van der Waals surface area (Å²) in [5.41, 5.74) is 5.46. The van der Waals surface area contributed by atoms with Crippen LogP contribution in [0.4, 0.5) is 24.7 Å². The number of nitrogens with one attached hydrogen (secondary N) is 1. The standard InChI is InChI=1S/C21H13ClF3N5O2/c22-15-6-1-11(9-14(15)21(23,24)25)20(32)29-12-2-4-13(5-3-12)30-8-7-16(31)17-18(26)27-10-28-19(17)30/h1-10H,(H,29,32)(H2,26,27,28). The molecule has 162 valence electrons. The summed E-state index contributed by atoms with van der Waals surface area (Å²) >= 11 is 5.59. The number of nitrogens with zero attached hydrogens (tertiary/aromatic N) is 3. The Kier molecular flexibility index (Phi) is 5.31. The van der Waals surface area contributed by atoms with Gasteiger partial charge in [-0.15, -0.1) is 0 Å². The summed E-state index contributed by atoms with van der Waals surface area (Å²) in [5.74, 6) is -0.673. The van der Waals surface area contributed by atoms with Gasteiger partial charge < -0.3 is 15.6 Å². The maximum Gasteiger partial charge on any atom is 0.417 e. The molecule has 0 bridgehead atoms. The van der Waals surface area contributed by atoms with Gasteiger partial charge in [0.05, 0.1) is 10.6 Å². The quantitative estimate of drug-likeness (QED) is 0.476. The molecule has 4 aromatic rings. The number of amides is 1. The Bertz CT molecular complexity index is 1400. The molecule has 11 heteroatoms. The van der Waals surface area contributed by atoms with Crippen molar-refractivity contribution in [1.82, 2.24) is 14.5 Å². The molecule has 0 aliphatic heterocycles. The molecule has 0 unspecified atom stereocenters. The highest BCUT2D eigenvalue weighted by Crippen LogP contribution is 2.35. The number of anilines is 2. The van der Waals surface area contributed by atoms with Gasteiger partial charge in [0.1, 0.15) is 17.5 Å². The first-order chi connectivity index (χ1) is 15.1. The van der Waals surface area contributed by atoms with Gasteiger partial charge in [-0.2, -0.15) is 13.2 Å². The van der Waals surface area contributed by atoms with Crippen LogP contribution in [-0.4, -0.2) is 20.4 Å². The van der Waals surface area contributed by atoms with Crippen LogP contribution in [0.3, 0.4) is 0 Å². The first-order valence-electron chi connectivity index (χ1n) is 9.05. The molecule has 0 radical (unpaired) electrons. The molecule has 0 spiro atoms. The van der Waals surface area contributed by atoms with Crippen LogP contribution in [0.2, 0.25) is 5.02 Å². The number of fused-ring (bicyclic) bond motifs is 1. The minimum absolute atomic E-state index is 0.0550. The zero-order valence-corrected chi connectivity index (χ0v) is 16.8. The summed E-state index contributed by atoms with van der Waals surface area (Å²) < 4.78 is 40.7. The average Bonchev–Trinajstić information content (AvgIpc) is 2.74. The van der Waals surface area contributed by atoms with E-state index < -0.39 is 22.7 Å². The van der Waals surface area contributed by atoms with Crippen LogP contribution in [-0.2, 0) is 6.18 Å². The smallest absolute Gasteiger partial charge is 0.383 e. The number of benzene rings is 2. The lowest BCUT2D eigenvalue weighted by atomic mass is 10.1. The Balaban J connectivity index is 1.62. The molecule has 3 N–H and O–H groups in total. The molecule has 0 aliphatic rings. The SMILES string of the molecule is Nc1ncnc2c1c(=O)ccn2-c1ccc(NC(=O)c2ccc(Cl)c(C(F)(F)F)c2)cc1. The van der Waals surface area contributed by atoms with Crippen molar-refractivity contribution in [3.05, 3.63) is 87.4 Å². The second-order valence-corrected chi connectivity index (χ2v) is 7.11. The van der Waals surface area contributed by atoms with Crippen LogP contribution in [0, 0.1) is 0 Å². The lowest BCUT2D eigenvalue weighted by molar-refractivity contribution is -0.137. The first kappa shape index (κ1) is 21.3. The van der Waals surface area contributed by atoms with Gasteiger partial charge in [0.15, 0.2) is 11.1 Å². The number of nitrogen functional groups attached to an aromatic ring is 1. The van der Waals surface area contributed by atoms with E-state index in [1.165, 1.54) is 24.7 Å². The van der Waals surface area contributed by atoms with Crippen molar-refractivity contribution >= 4 is 40.0 Å². The van der Waals surface area contributed by atoms with Crippen LogP contribution in [0.25, 0.3) is 16.7 Å². The van der Waals surface area contributed by atoms with E-state index in [0.717, 1.165) is 6.07 Å². The van der Waals surface area contributed by atoms with Crippen molar-refractivity contribution in [2.75, 3.05) is 11.1 Å². The second kappa shape index (κ2) is 7.97. The number of carbonyl (C=O) groups is 1. The highest BCUT2D eigenvalue weighted by atomic mass is 35.5. The molecule has 0 saturated carbocycles. The lowest BCUT2D eigenvalue weighted by Crippen LogP contribution is -2.14. The molecule has 0 saturated heterocycles. The average molecular weight is 460 g/mol. The van der Waals surface area contributed by atoms with Crippen molar-refractivity contribution in [2.24, 2.45) is 0 Å². The molecule has 2 heterocycles. The third-order valence-electron chi connectivity index (χ3n) is 4.64. The number of halogens is 4. The molecule has 1 amide bonds. The van der Waals surface area contributed by atoms with Gasteiger partial charge in [0, 0.05) is 29.2 Å². The van der Waals surface area contributed by atoms with E-state index in [9.17, 15) is 22.8 Å². The van der Waals surface area contributed by atoms with E-state index >= 15 is 0 Å². The molecule has 0 aliphatic carbocycles. The number of hydrogen-bond acceptors (Lipinski definition) is 5. The monoisotopic (exact) mass is 459 g/mol. The summed E-state index contributed by atoms with van der Waals surface area (Å²) in [6, 6.07) is 10.7. The van der Waals surface area contributed by atoms with E-state index in [-0.39, 0.29) is 22.2 Å². The van der Waals surface area contributed by atoms with Crippen LogP contribution in [0.1, 0.15) is 15.9 Å². The molecule has 2 aromatic carbocycles. The lowest BCUT2D eigenvalue weighted by Gasteiger charge is -2.13. The zero-order valence-electron chi connectivity index (χ0n) is 16.0. The predicted molar refractivity (Wildman–Crippen MR) is 114 cm³/mol.